The van der Waals surface area contributed by atoms with E-state index in [1.807, 2.05) is 0 Å². The summed E-state index contributed by atoms with van der Waals surface area (Å²) in [4.78, 5) is 17.5. The molecule has 0 radical (unpaired) electrons. The number of hydrogen-bond acceptors (Lipinski definition) is 5. The van der Waals surface area contributed by atoms with Crippen LogP contribution in [0, 0.1) is 23.7 Å². The molecule has 0 aliphatic heterocycles. The van der Waals surface area contributed by atoms with Gasteiger partial charge in [0.1, 0.15) is 5.75 Å². The number of anilines is 1. The lowest BCUT2D eigenvalue weighted by Gasteiger charge is -2.54. The van der Waals surface area contributed by atoms with E-state index in [-0.39, 0.29) is 5.91 Å². The number of carbonyl (C=O) groups is 1. The van der Waals surface area contributed by atoms with Gasteiger partial charge in [0.15, 0.2) is 0 Å². The minimum Gasteiger partial charge on any atom is -0.497 e. The maximum absolute atomic E-state index is 12.7. The van der Waals surface area contributed by atoms with E-state index in [4.69, 9.17) is 15.6 Å². The standard InChI is InChI=1S/C21H25N3O2S/c1-26-17-4-2-14(3-5-17)20(25)24(22)21-23-18(11-27-21)19-15-7-12-6-13(9-15)10-16(19)8-12/h2-5,11-13,15-16,19H,6-10,22H2,1H3. The minimum atomic E-state index is -0.247. The summed E-state index contributed by atoms with van der Waals surface area (Å²) in [7, 11) is 1.60. The van der Waals surface area contributed by atoms with Crippen LogP contribution in [-0.4, -0.2) is 18.0 Å². The molecule has 1 aromatic carbocycles. The quantitative estimate of drug-likeness (QED) is 0.488. The highest BCUT2D eigenvalue weighted by atomic mass is 32.1. The number of ether oxygens (including phenoxy) is 1. The summed E-state index contributed by atoms with van der Waals surface area (Å²) in [6.45, 7) is 0. The van der Waals surface area contributed by atoms with Gasteiger partial charge in [0.25, 0.3) is 5.91 Å². The van der Waals surface area contributed by atoms with Crippen molar-refractivity contribution in [3.63, 3.8) is 0 Å². The third kappa shape index (κ3) is 2.95. The SMILES string of the molecule is COc1ccc(C(=O)N(N)c2nc(C3C4CC5CC(C4)CC3C5)cs2)cc1. The number of thiazole rings is 1. The number of hydrazine groups is 1. The number of hydrogen-bond donors (Lipinski definition) is 1. The first-order valence-corrected chi connectivity index (χ1v) is 10.7. The number of rotatable bonds is 4. The molecule has 5 nitrogen and oxygen atoms in total. The summed E-state index contributed by atoms with van der Waals surface area (Å²) in [5.41, 5.74) is 1.69. The van der Waals surface area contributed by atoms with Gasteiger partial charge in [-0.2, -0.15) is 0 Å². The fourth-order valence-corrected chi connectivity index (χ4v) is 6.70. The summed E-state index contributed by atoms with van der Waals surface area (Å²) in [5, 5.41) is 3.90. The molecule has 6 heteroatoms. The van der Waals surface area contributed by atoms with Crippen molar-refractivity contribution in [1.82, 2.24) is 4.98 Å². The van der Waals surface area contributed by atoms with Crippen LogP contribution in [0.15, 0.2) is 29.6 Å². The van der Waals surface area contributed by atoms with Gasteiger partial charge in [-0.3, -0.25) is 4.79 Å². The van der Waals surface area contributed by atoms with E-state index in [0.29, 0.717) is 22.4 Å². The molecule has 4 aliphatic rings. The van der Waals surface area contributed by atoms with Crippen molar-refractivity contribution >= 4 is 22.4 Å². The van der Waals surface area contributed by atoms with E-state index in [2.05, 4.69) is 5.38 Å². The monoisotopic (exact) mass is 383 g/mol. The molecule has 4 saturated carbocycles. The van der Waals surface area contributed by atoms with Crippen molar-refractivity contribution in [2.45, 2.75) is 38.0 Å². The maximum Gasteiger partial charge on any atom is 0.274 e. The van der Waals surface area contributed by atoms with Crippen LogP contribution < -0.4 is 15.6 Å². The molecule has 0 spiro atoms. The van der Waals surface area contributed by atoms with E-state index in [0.717, 1.165) is 29.4 Å². The van der Waals surface area contributed by atoms with Crippen LogP contribution in [0.25, 0.3) is 0 Å². The Morgan fingerprint density at radius 1 is 1.11 bits per heavy atom. The minimum absolute atomic E-state index is 0.247. The molecule has 4 fully saturated rings. The molecule has 27 heavy (non-hydrogen) atoms. The van der Waals surface area contributed by atoms with Crippen LogP contribution in [0.3, 0.4) is 0 Å². The number of methoxy groups -OCH3 is 1. The number of nitrogens with two attached hydrogens (primary N) is 1. The van der Waals surface area contributed by atoms with E-state index < -0.39 is 0 Å². The molecule has 0 atom stereocenters. The zero-order valence-corrected chi connectivity index (χ0v) is 16.3. The summed E-state index contributed by atoms with van der Waals surface area (Å²) in [6.07, 6.45) is 6.90. The van der Waals surface area contributed by atoms with Gasteiger partial charge in [-0.1, -0.05) is 0 Å². The average Bonchev–Trinajstić information content (AvgIpc) is 3.16. The van der Waals surface area contributed by atoms with E-state index in [1.165, 1.54) is 48.4 Å². The molecule has 1 amide bonds. The number of amides is 1. The number of nitrogens with zero attached hydrogens (tertiary/aromatic N) is 2. The third-order valence-electron chi connectivity index (χ3n) is 6.84. The molecular formula is C21H25N3O2S. The number of benzene rings is 1. The molecule has 1 aromatic heterocycles. The van der Waals surface area contributed by atoms with E-state index >= 15 is 0 Å². The second-order valence-electron chi connectivity index (χ2n) is 8.42. The van der Waals surface area contributed by atoms with Gasteiger partial charge in [0, 0.05) is 16.9 Å². The Morgan fingerprint density at radius 3 is 2.33 bits per heavy atom. The maximum atomic E-state index is 12.7. The van der Waals surface area contributed by atoms with Gasteiger partial charge >= 0.3 is 0 Å². The van der Waals surface area contributed by atoms with Crippen LogP contribution in [0.2, 0.25) is 0 Å². The van der Waals surface area contributed by atoms with Gasteiger partial charge in [-0.05, 0) is 80.0 Å². The highest BCUT2D eigenvalue weighted by molar-refractivity contribution is 7.14. The van der Waals surface area contributed by atoms with Gasteiger partial charge < -0.3 is 4.74 Å². The Balaban J connectivity index is 1.34. The van der Waals surface area contributed by atoms with Gasteiger partial charge in [-0.25, -0.2) is 15.8 Å². The second kappa shape index (κ2) is 6.60. The van der Waals surface area contributed by atoms with Crippen LogP contribution in [-0.2, 0) is 0 Å². The van der Waals surface area contributed by atoms with Gasteiger partial charge in [-0.15, -0.1) is 11.3 Å². The smallest absolute Gasteiger partial charge is 0.274 e. The van der Waals surface area contributed by atoms with Gasteiger partial charge in [0.2, 0.25) is 5.13 Å². The van der Waals surface area contributed by atoms with Crippen molar-refractivity contribution in [1.29, 1.82) is 0 Å². The predicted octanol–water partition coefficient (Wildman–Crippen LogP) is 4.21. The normalized spacial score (nSPS) is 31.1. The molecule has 0 saturated heterocycles. The molecule has 4 bridgehead atoms. The Hall–Kier alpha value is -1.92. The van der Waals surface area contributed by atoms with Crippen molar-refractivity contribution < 1.29 is 9.53 Å². The lowest BCUT2D eigenvalue weighted by molar-refractivity contribution is -0.00393. The second-order valence-corrected chi connectivity index (χ2v) is 9.25. The lowest BCUT2D eigenvalue weighted by atomic mass is 9.51. The first kappa shape index (κ1) is 17.2. The fraction of sp³-hybridized carbons (Fsp3) is 0.524. The summed E-state index contributed by atoms with van der Waals surface area (Å²) in [6, 6.07) is 6.99. The first-order valence-electron chi connectivity index (χ1n) is 9.81. The Bertz CT molecular complexity index is 819. The number of carbonyl (C=O) groups excluding carboxylic acids is 1. The Morgan fingerprint density at radius 2 is 1.74 bits per heavy atom. The third-order valence-corrected chi connectivity index (χ3v) is 7.70. The first-order chi connectivity index (χ1) is 13.1. The largest absolute Gasteiger partial charge is 0.497 e. The van der Waals surface area contributed by atoms with Crippen LogP contribution >= 0.6 is 11.3 Å². The van der Waals surface area contributed by atoms with Crippen molar-refractivity contribution in [2.75, 3.05) is 12.1 Å². The summed E-state index contributed by atoms with van der Waals surface area (Å²) in [5.74, 6) is 10.6. The zero-order valence-electron chi connectivity index (χ0n) is 15.5. The molecule has 1 heterocycles. The van der Waals surface area contributed by atoms with Crippen LogP contribution in [0.4, 0.5) is 5.13 Å². The molecule has 142 valence electrons. The van der Waals surface area contributed by atoms with Gasteiger partial charge in [0.05, 0.1) is 12.8 Å². The summed E-state index contributed by atoms with van der Waals surface area (Å²) < 4.78 is 5.14. The van der Waals surface area contributed by atoms with E-state index in [1.54, 1.807) is 31.4 Å². The molecule has 6 rings (SSSR count). The highest BCUT2D eigenvalue weighted by Gasteiger charge is 2.49. The molecular weight excluding hydrogens is 358 g/mol. The Kier molecular flexibility index (Phi) is 4.20. The predicted molar refractivity (Wildman–Crippen MR) is 106 cm³/mol. The zero-order chi connectivity index (χ0) is 18.5. The fourth-order valence-electron chi connectivity index (χ4n) is 5.91. The topological polar surface area (TPSA) is 68.5 Å². The Labute approximate surface area is 163 Å². The van der Waals surface area contributed by atoms with Crippen molar-refractivity contribution in [3.05, 3.63) is 40.9 Å². The molecule has 0 unspecified atom stereocenters. The summed E-state index contributed by atoms with van der Waals surface area (Å²) >= 11 is 1.48. The highest BCUT2D eigenvalue weighted by Crippen LogP contribution is 2.59. The van der Waals surface area contributed by atoms with Crippen LogP contribution in [0.1, 0.15) is 54.1 Å². The van der Waals surface area contributed by atoms with Crippen molar-refractivity contribution in [3.8, 4) is 5.75 Å². The van der Waals surface area contributed by atoms with Crippen LogP contribution in [0.5, 0.6) is 5.75 Å². The lowest BCUT2D eigenvalue weighted by Crippen LogP contribution is -2.44. The van der Waals surface area contributed by atoms with Crippen molar-refractivity contribution in [2.24, 2.45) is 29.5 Å². The van der Waals surface area contributed by atoms with E-state index in [9.17, 15) is 4.79 Å². The average molecular weight is 384 g/mol. The number of aromatic nitrogens is 1. The molecule has 2 N–H and O–H groups in total. The molecule has 2 aromatic rings. The molecule has 4 aliphatic carbocycles.